The molecule has 0 heterocycles. The van der Waals surface area contributed by atoms with E-state index in [2.05, 4.69) is 12.6 Å². The first kappa shape index (κ1) is 8.09. The highest BCUT2D eigenvalue weighted by Crippen LogP contribution is 2.16. The van der Waals surface area contributed by atoms with E-state index in [9.17, 15) is 4.39 Å². The molecule has 0 aliphatic rings. The lowest BCUT2D eigenvalue weighted by Gasteiger charge is -1.98. The molecule has 0 atom stereocenters. The van der Waals surface area contributed by atoms with Crippen LogP contribution in [0.2, 0.25) is 0 Å². The van der Waals surface area contributed by atoms with E-state index in [1.165, 1.54) is 6.07 Å². The molecule has 0 aliphatic carbocycles. The normalized spacial score (nSPS) is 9.27. The molecule has 11 heavy (non-hydrogen) atoms. The first-order valence-corrected chi connectivity index (χ1v) is 3.49. The van der Waals surface area contributed by atoms with Gasteiger partial charge in [0.15, 0.2) is 0 Å². The van der Waals surface area contributed by atoms with Gasteiger partial charge in [-0.25, -0.2) is 4.39 Å². The van der Waals surface area contributed by atoms with Gasteiger partial charge in [0.25, 0.3) is 0 Å². The zero-order valence-corrected chi connectivity index (χ0v) is 6.82. The van der Waals surface area contributed by atoms with Gasteiger partial charge in [-0.2, -0.15) is 5.26 Å². The summed E-state index contributed by atoms with van der Waals surface area (Å²) >= 11 is 3.96. The van der Waals surface area contributed by atoms with Crippen LogP contribution in [0.15, 0.2) is 17.0 Å². The van der Waals surface area contributed by atoms with Crippen LogP contribution in [0, 0.1) is 24.1 Å². The van der Waals surface area contributed by atoms with Crippen molar-refractivity contribution in [1.82, 2.24) is 0 Å². The lowest BCUT2D eigenvalue weighted by molar-refractivity contribution is 0.619. The van der Waals surface area contributed by atoms with Crippen molar-refractivity contribution >= 4 is 12.6 Å². The molecule has 0 amide bonds. The summed E-state index contributed by atoms with van der Waals surface area (Å²) in [5.74, 6) is -0.502. The molecule has 0 unspecified atom stereocenters. The summed E-state index contributed by atoms with van der Waals surface area (Å²) in [4.78, 5) is 0.541. The zero-order valence-electron chi connectivity index (χ0n) is 5.93. The highest BCUT2D eigenvalue weighted by atomic mass is 32.1. The lowest BCUT2D eigenvalue weighted by Crippen LogP contribution is -1.88. The van der Waals surface area contributed by atoms with Crippen molar-refractivity contribution in [1.29, 1.82) is 5.26 Å². The van der Waals surface area contributed by atoms with Crippen molar-refractivity contribution < 1.29 is 4.39 Å². The summed E-state index contributed by atoms with van der Waals surface area (Å²) in [7, 11) is 0. The van der Waals surface area contributed by atoms with Crippen LogP contribution >= 0.6 is 12.6 Å². The summed E-state index contributed by atoms with van der Waals surface area (Å²) < 4.78 is 12.8. The molecule has 0 saturated carbocycles. The summed E-state index contributed by atoms with van der Waals surface area (Å²) in [6.07, 6.45) is 0. The zero-order chi connectivity index (χ0) is 8.43. The first-order chi connectivity index (χ1) is 5.15. The largest absolute Gasteiger partial charge is 0.205 e. The van der Waals surface area contributed by atoms with Crippen LogP contribution in [0.5, 0.6) is 0 Å². The molecule has 0 spiro atoms. The fraction of sp³-hybridized carbons (Fsp3) is 0.125. The number of nitriles is 1. The van der Waals surface area contributed by atoms with E-state index < -0.39 is 5.82 Å². The smallest absolute Gasteiger partial charge is 0.142 e. The van der Waals surface area contributed by atoms with Gasteiger partial charge in [0.2, 0.25) is 0 Å². The Kier molecular flexibility index (Phi) is 2.16. The predicted molar refractivity (Wildman–Crippen MR) is 43.1 cm³/mol. The van der Waals surface area contributed by atoms with E-state index in [1.807, 2.05) is 0 Å². The molecule has 0 N–H and O–H groups in total. The highest BCUT2D eigenvalue weighted by Gasteiger charge is 2.04. The Morgan fingerprint density at radius 2 is 2.18 bits per heavy atom. The van der Waals surface area contributed by atoms with E-state index in [-0.39, 0.29) is 5.56 Å². The fourth-order valence-electron chi connectivity index (χ4n) is 0.868. The molecule has 0 radical (unpaired) electrons. The SMILES string of the molecule is Cc1cc(S)cc(F)c1C#N. The molecule has 1 aromatic rings. The van der Waals surface area contributed by atoms with Crippen LogP contribution in [0.1, 0.15) is 11.1 Å². The minimum Gasteiger partial charge on any atom is -0.205 e. The van der Waals surface area contributed by atoms with Gasteiger partial charge < -0.3 is 0 Å². The lowest BCUT2D eigenvalue weighted by atomic mass is 10.1. The number of hydrogen-bond donors (Lipinski definition) is 1. The molecule has 0 saturated heterocycles. The summed E-state index contributed by atoms with van der Waals surface area (Å²) in [5, 5.41) is 8.48. The van der Waals surface area contributed by atoms with Crippen molar-refractivity contribution in [2.45, 2.75) is 11.8 Å². The average molecular weight is 167 g/mol. The molecule has 0 bridgehead atoms. The maximum Gasteiger partial charge on any atom is 0.142 e. The third-order valence-electron chi connectivity index (χ3n) is 1.38. The number of thiol groups is 1. The third-order valence-corrected chi connectivity index (χ3v) is 1.64. The quantitative estimate of drug-likeness (QED) is 0.589. The van der Waals surface area contributed by atoms with Gasteiger partial charge >= 0.3 is 0 Å². The monoisotopic (exact) mass is 167 g/mol. The van der Waals surface area contributed by atoms with Crippen molar-refractivity contribution in [3.63, 3.8) is 0 Å². The molecule has 1 rings (SSSR count). The Hall–Kier alpha value is -1.01. The number of rotatable bonds is 0. The summed E-state index contributed by atoms with van der Waals surface area (Å²) in [5.41, 5.74) is 0.723. The minimum atomic E-state index is -0.502. The van der Waals surface area contributed by atoms with Crippen molar-refractivity contribution in [2.24, 2.45) is 0 Å². The molecule has 0 fully saturated rings. The Labute approximate surface area is 69.9 Å². The van der Waals surface area contributed by atoms with E-state index in [1.54, 1.807) is 19.1 Å². The second kappa shape index (κ2) is 2.93. The maximum atomic E-state index is 12.8. The number of benzene rings is 1. The van der Waals surface area contributed by atoms with Gasteiger partial charge in [0.05, 0.1) is 5.56 Å². The molecular formula is C8H6FNS. The Morgan fingerprint density at radius 1 is 1.55 bits per heavy atom. The summed E-state index contributed by atoms with van der Waals surface area (Å²) in [6, 6.07) is 4.67. The van der Waals surface area contributed by atoms with E-state index >= 15 is 0 Å². The van der Waals surface area contributed by atoms with Gasteiger partial charge in [0, 0.05) is 4.90 Å². The third kappa shape index (κ3) is 1.52. The van der Waals surface area contributed by atoms with Gasteiger partial charge in [0.1, 0.15) is 11.9 Å². The topological polar surface area (TPSA) is 23.8 Å². The molecule has 0 aromatic heterocycles. The van der Waals surface area contributed by atoms with E-state index in [4.69, 9.17) is 5.26 Å². The second-order valence-corrected chi connectivity index (χ2v) is 2.75. The van der Waals surface area contributed by atoms with Crippen LogP contribution < -0.4 is 0 Å². The van der Waals surface area contributed by atoms with Crippen LogP contribution in [0.3, 0.4) is 0 Å². The minimum absolute atomic E-state index is 0.0998. The van der Waals surface area contributed by atoms with E-state index in [0.717, 1.165) is 0 Å². The van der Waals surface area contributed by atoms with Gasteiger partial charge in [-0.1, -0.05) is 0 Å². The van der Waals surface area contributed by atoms with Gasteiger partial charge in [-0.05, 0) is 24.6 Å². The number of aryl methyl sites for hydroxylation is 1. The average Bonchev–Trinajstić information content (AvgIpc) is 1.85. The van der Waals surface area contributed by atoms with Crippen molar-refractivity contribution in [3.05, 3.63) is 29.1 Å². The molecular weight excluding hydrogens is 161 g/mol. The molecule has 1 nitrogen and oxygen atoms in total. The number of nitrogens with zero attached hydrogens (tertiary/aromatic N) is 1. The van der Waals surface area contributed by atoms with Crippen molar-refractivity contribution in [2.75, 3.05) is 0 Å². The Balaban J connectivity index is 3.40. The predicted octanol–water partition coefficient (Wildman–Crippen LogP) is 2.29. The highest BCUT2D eigenvalue weighted by molar-refractivity contribution is 7.80. The fourth-order valence-corrected chi connectivity index (χ4v) is 1.17. The molecule has 3 heteroatoms. The van der Waals surface area contributed by atoms with Crippen LogP contribution in [-0.2, 0) is 0 Å². The van der Waals surface area contributed by atoms with Crippen LogP contribution in [-0.4, -0.2) is 0 Å². The first-order valence-electron chi connectivity index (χ1n) is 3.04. The Morgan fingerprint density at radius 3 is 2.64 bits per heavy atom. The molecule has 0 aliphatic heterocycles. The number of hydrogen-bond acceptors (Lipinski definition) is 2. The maximum absolute atomic E-state index is 12.8. The number of halogens is 1. The second-order valence-electron chi connectivity index (χ2n) is 2.23. The molecule has 1 aromatic carbocycles. The molecule has 56 valence electrons. The van der Waals surface area contributed by atoms with Gasteiger partial charge in [-0.3, -0.25) is 0 Å². The standard InChI is InChI=1S/C8H6FNS/c1-5-2-6(11)3-8(9)7(5)4-10/h2-3,11H,1H3. The van der Waals surface area contributed by atoms with E-state index in [0.29, 0.717) is 10.5 Å². The summed E-state index contributed by atoms with van der Waals surface area (Å²) in [6.45, 7) is 1.68. The van der Waals surface area contributed by atoms with Crippen LogP contribution in [0.25, 0.3) is 0 Å². The Bertz CT molecular complexity index is 304. The van der Waals surface area contributed by atoms with Crippen LogP contribution in [0.4, 0.5) is 4.39 Å². The van der Waals surface area contributed by atoms with Crippen molar-refractivity contribution in [3.8, 4) is 6.07 Å². The van der Waals surface area contributed by atoms with Gasteiger partial charge in [-0.15, -0.1) is 12.6 Å².